The van der Waals surface area contributed by atoms with E-state index >= 15 is 0 Å². The van der Waals surface area contributed by atoms with Crippen LogP contribution >= 0.6 is 11.8 Å². The lowest BCUT2D eigenvalue weighted by Crippen LogP contribution is -2.42. The predicted molar refractivity (Wildman–Crippen MR) is 111 cm³/mol. The number of amides is 1. The molecule has 1 amide bonds. The number of carboxylic acid groups (broad SMARTS) is 1. The highest BCUT2D eigenvalue weighted by molar-refractivity contribution is 7.98. The minimum Gasteiger partial charge on any atom is -0.733 e. The van der Waals surface area contributed by atoms with E-state index in [-0.39, 0.29) is 17.7 Å². The summed E-state index contributed by atoms with van der Waals surface area (Å²) in [6.45, 7) is 4.81. The van der Waals surface area contributed by atoms with Gasteiger partial charge >= 0.3 is 18.0 Å². The van der Waals surface area contributed by atoms with Gasteiger partial charge in [0.2, 0.25) is 6.10 Å². The van der Waals surface area contributed by atoms with E-state index in [1.807, 2.05) is 6.26 Å². The molecule has 3 N–H and O–H groups in total. The van der Waals surface area contributed by atoms with Gasteiger partial charge in [-0.15, -0.1) is 0 Å². The predicted octanol–water partition coefficient (Wildman–Crippen LogP) is 3.09. The van der Waals surface area contributed by atoms with Crippen molar-refractivity contribution >= 4 is 35.5 Å². The van der Waals surface area contributed by atoms with Crippen molar-refractivity contribution in [2.75, 3.05) is 17.2 Å². The number of aliphatic carboxylic acids is 1. The molecule has 0 saturated heterocycles. The summed E-state index contributed by atoms with van der Waals surface area (Å²) in [6.07, 6.45) is -0.283. The monoisotopic (exact) mass is 443 g/mol. The zero-order chi connectivity index (χ0) is 22.9. The number of para-hydroxylation sites is 1. The van der Waals surface area contributed by atoms with E-state index in [1.165, 1.54) is 36.0 Å². The second-order valence-corrected chi connectivity index (χ2v) is 8.31. The Morgan fingerprint density at radius 1 is 1.27 bits per heavy atom. The van der Waals surface area contributed by atoms with E-state index in [0.717, 1.165) is 0 Å². The van der Waals surface area contributed by atoms with Gasteiger partial charge in [0, 0.05) is 5.56 Å². The summed E-state index contributed by atoms with van der Waals surface area (Å²) in [5.41, 5.74) is -1.37. The highest BCUT2D eigenvalue weighted by Crippen LogP contribution is 2.30. The molecule has 0 heterocycles. The quantitative estimate of drug-likeness (QED) is 0.280. The third-order valence-electron chi connectivity index (χ3n) is 3.70. The van der Waals surface area contributed by atoms with Gasteiger partial charge in [0.05, 0.1) is 5.69 Å². The molecule has 11 heteroatoms. The average molecular weight is 443 g/mol. The van der Waals surface area contributed by atoms with Crippen molar-refractivity contribution in [1.29, 1.82) is 0 Å². The summed E-state index contributed by atoms with van der Waals surface area (Å²) in [5.74, 6) is -1.52. The van der Waals surface area contributed by atoms with Crippen molar-refractivity contribution in [1.82, 2.24) is 5.32 Å². The molecule has 0 radical (unpaired) electrons. The number of ether oxygens (including phenoxy) is 2. The molecule has 1 aromatic carbocycles. The Morgan fingerprint density at radius 3 is 2.43 bits per heavy atom. The Morgan fingerprint density at radius 2 is 1.90 bits per heavy atom. The highest BCUT2D eigenvalue weighted by atomic mass is 32.2. The van der Waals surface area contributed by atoms with Crippen LogP contribution in [0.15, 0.2) is 24.3 Å². The number of carboxylic acids is 1. The van der Waals surface area contributed by atoms with Gasteiger partial charge in [-0.25, -0.2) is 14.4 Å². The number of nitrogens with one attached hydrogen (secondary N) is 1. The third kappa shape index (κ3) is 8.47. The van der Waals surface area contributed by atoms with Gasteiger partial charge in [0.15, 0.2) is 0 Å². The normalized spacial score (nSPS) is 13.1. The molecule has 0 saturated carbocycles. The molecule has 1 rings (SSSR count). The van der Waals surface area contributed by atoms with E-state index in [9.17, 15) is 29.9 Å². The number of anilines is 1. The minimum absolute atomic E-state index is 0.117. The first kappa shape index (κ1) is 25.5. The van der Waals surface area contributed by atoms with E-state index < -0.39 is 41.0 Å². The van der Waals surface area contributed by atoms with Crippen molar-refractivity contribution in [2.45, 2.75) is 51.4 Å². The maximum Gasteiger partial charge on any atom is 0.409 e. The zero-order valence-corrected chi connectivity index (χ0v) is 18.1. The van der Waals surface area contributed by atoms with Crippen molar-refractivity contribution < 1.29 is 34.2 Å². The molecule has 0 bridgehead atoms. The van der Waals surface area contributed by atoms with E-state index in [0.29, 0.717) is 12.2 Å². The van der Waals surface area contributed by atoms with Crippen LogP contribution in [0.25, 0.3) is 0 Å². The molecule has 0 spiro atoms. The number of nitrogens with zero attached hydrogens (tertiary/aromatic N) is 1. The molecular weight excluding hydrogens is 416 g/mol. The average Bonchev–Trinajstić information content (AvgIpc) is 2.63. The lowest BCUT2D eigenvalue weighted by Gasteiger charge is -2.29. The van der Waals surface area contributed by atoms with Gasteiger partial charge in [0.1, 0.15) is 11.6 Å². The fourth-order valence-corrected chi connectivity index (χ4v) is 2.91. The molecule has 2 atom stereocenters. The Hall–Kier alpha value is -2.50. The zero-order valence-electron chi connectivity index (χ0n) is 17.3. The van der Waals surface area contributed by atoms with Crippen LogP contribution < -0.4 is 10.5 Å². The summed E-state index contributed by atoms with van der Waals surface area (Å²) >= 11 is 1.54. The van der Waals surface area contributed by atoms with E-state index in [4.69, 9.17) is 9.47 Å². The molecule has 0 aromatic heterocycles. The molecule has 0 aliphatic rings. The van der Waals surface area contributed by atoms with Crippen molar-refractivity contribution in [2.24, 2.45) is 0 Å². The lowest BCUT2D eigenvalue weighted by atomic mass is 10.1. The number of benzene rings is 1. The molecule has 168 valence electrons. The molecule has 0 aliphatic heterocycles. The third-order valence-corrected chi connectivity index (χ3v) is 4.40. The summed E-state index contributed by atoms with van der Waals surface area (Å²) in [7, 11) is 0. The van der Waals surface area contributed by atoms with E-state index in [2.05, 4.69) is 5.32 Å². The fourth-order valence-electron chi connectivity index (χ4n) is 2.45. The summed E-state index contributed by atoms with van der Waals surface area (Å²) in [4.78, 5) is 36.4. The number of carbonyl (C=O) groups is 3. The summed E-state index contributed by atoms with van der Waals surface area (Å²) in [6, 6.07) is 4.24. The van der Waals surface area contributed by atoms with Crippen LogP contribution in [0.3, 0.4) is 0 Å². The Kier molecular flexibility index (Phi) is 9.90. The molecule has 1 unspecified atom stereocenters. The second-order valence-electron chi connectivity index (χ2n) is 7.32. The van der Waals surface area contributed by atoms with Crippen LogP contribution in [0.4, 0.5) is 10.5 Å². The summed E-state index contributed by atoms with van der Waals surface area (Å²) in [5, 5.41) is 31.8. The Bertz CT molecular complexity index is 735. The number of rotatable bonds is 10. The number of carbonyl (C=O) groups excluding carboxylic acids is 2. The molecule has 1 aromatic rings. The fraction of sp³-hybridized carbons (Fsp3) is 0.526. The van der Waals surface area contributed by atoms with Gasteiger partial charge in [-0.2, -0.15) is 11.8 Å². The second kappa shape index (κ2) is 11.6. The first-order valence-electron chi connectivity index (χ1n) is 9.13. The molecule has 30 heavy (non-hydrogen) atoms. The summed E-state index contributed by atoms with van der Waals surface area (Å²) < 4.78 is 10.4. The number of alkyl carbamates (subject to hydrolysis) is 1. The van der Waals surface area contributed by atoms with Gasteiger partial charge in [0.25, 0.3) is 0 Å². The number of esters is 1. The van der Waals surface area contributed by atoms with E-state index in [1.54, 1.807) is 20.8 Å². The minimum atomic E-state index is -1.70. The first-order chi connectivity index (χ1) is 14.0. The molecule has 0 fully saturated rings. The van der Waals surface area contributed by atoms with Crippen LogP contribution in [0, 0.1) is 5.21 Å². The van der Waals surface area contributed by atoms with Crippen molar-refractivity contribution in [3.8, 4) is 0 Å². The number of hydrogen-bond donors (Lipinski definition) is 3. The standard InChI is InChI=1S/C19H27N2O8S/c1-19(2,3)29-17(24)15(12-8-5-6-10-14(12)21(26)27)28-18(25)20-13(16(22)23)9-7-11-30-4/h5-6,8,10,13,15,26H,7,9,11H2,1-4H3,(H,20,25)(H,22,23)/q-1/t13-,15?/m1/s1. The first-order valence-corrected chi connectivity index (χ1v) is 10.5. The molecule has 10 nitrogen and oxygen atoms in total. The van der Waals surface area contributed by atoms with Crippen molar-refractivity contribution in [3.05, 3.63) is 35.0 Å². The van der Waals surface area contributed by atoms with Gasteiger partial charge in [-0.1, -0.05) is 18.2 Å². The molecular formula is C19H27N2O8S-. The Labute approximate surface area is 179 Å². The largest absolute Gasteiger partial charge is 0.733 e. The Balaban J connectivity index is 3.10. The topological polar surface area (TPSA) is 148 Å². The van der Waals surface area contributed by atoms with Crippen LogP contribution in [0.1, 0.15) is 45.3 Å². The lowest BCUT2D eigenvalue weighted by molar-refractivity contribution is -0.165. The number of thioether (sulfide) groups is 1. The number of hydrogen-bond acceptors (Lipinski definition) is 9. The van der Waals surface area contributed by atoms with Gasteiger partial charge < -0.3 is 30.3 Å². The maximum absolute atomic E-state index is 12.7. The van der Waals surface area contributed by atoms with Gasteiger partial charge in [-0.05, 0) is 51.7 Å². The van der Waals surface area contributed by atoms with Crippen LogP contribution in [0.5, 0.6) is 0 Å². The maximum atomic E-state index is 12.7. The van der Waals surface area contributed by atoms with Gasteiger partial charge in [-0.3, -0.25) is 5.21 Å². The SMILES string of the molecule is CSCCC[C@@H](NC(=O)OC(C(=O)OC(C)(C)C)c1ccccc1N([O-])O)C(=O)O. The highest BCUT2D eigenvalue weighted by Gasteiger charge is 2.33. The van der Waals surface area contributed by atoms with Crippen LogP contribution in [0.2, 0.25) is 0 Å². The van der Waals surface area contributed by atoms with Crippen LogP contribution in [-0.4, -0.2) is 52.0 Å². The van der Waals surface area contributed by atoms with Crippen molar-refractivity contribution in [3.63, 3.8) is 0 Å². The van der Waals surface area contributed by atoms with Crippen LogP contribution in [-0.2, 0) is 19.1 Å². The molecule has 0 aliphatic carbocycles. The smallest absolute Gasteiger partial charge is 0.409 e.